The maximum Gasteiger partial charge on any atom is 0.200 e. The second-order valence-electron chi connectivity index (χ2n) is 1.71. The number of rotatable bonds is 4. The van der Waals surface area contributed by atoms with Gasteiger partial charge in [0.05, 0.1) is 13.6 Å². The molecule has 1 atom stereocenters. The van der Waals surface area contributed by atoms with E-state index in [1.54, 1.807) is 5.32 Å². The fourth-order valence-corrected chi connectivity index (χ4v) is 0.410. The van der Waals surface area contributed by atoms with Crippen LogP contribution in [-0.4, -0.2) is 31.5 Å². The molecule has 0 saturated heterocycles. The molecule has 0 aromatic heterocycles. The van der Waals surface area contributed by atoms with Gasteiger partial charge in [-0.15, -0.1) is 0 Å². The quantitative estimate of drug-likeness (QED) is 0.379. The molecule has 0 aromatic carbocycles. The van der Waals surface area contributed by atoms with E-state index in [-0.39, 0.29) is 6.23 Å². The van der Waals surface area contributed by atoms with Gasteiger partial charge in [-0.25, -0.2) is 0 Å². The van der Waals surface area contributed by atoms with E-state index in [1.807, 2.05) is 14.0 Å². The first-order chi connectivity index (χ1) is 3.81. The minimum atomic E-state index is -0.282. The van der Waals surface area contributed by atoms with E-state index >= 15 is 0 Å². The number of hydrogen-bond donors (Lipinski definition) is 3. The molecule has 0 heterocycles. The zero-order valence-corrected chi connectivity index (χ0v) is 5.52. The highest BCUT2D eigenvalue weighted by Crippen LogP contribution is 1.59. The summed E-state index contributed by atoms with van der Waals surface area (Å²) in [5.74, 6) is 0. The average molecular weight is 119 g/mol. The van der Waals surface area contributed by atoms with Crippen LogP contribution in [0.4, 0.5) is 0 Å². The van der Waals surface area contributed by atoms with Crippen LogP contribution < -0.4 is 10.6 Å². The maximum atomic E-state index is 8.87. The summed E-state index contributed by atoms with van der Waals surface area (Å²) < 4.78 is 0. The Hall–Kier alpha value is -0.120. The molecular formula is C5H15N2O+. The molecule has 3 heteroatoms. The SMILES string of the molecule is CCNCC(O)[NH2+]C. The standard InChI is InChI=1S/C5H14N2O/c1-3-7-4-5(8)6-2/h5-8H,3-4H2,1-2H3/p+1. The molecule has 0 saturated carbocycles. The van der Waals surface area contributed by atoms with Crippen molar-refractivity contribution in [3.63, 3.8) is 0 Å². The molecule has 0 aliphatic heterocycles. The minimum Gasteiger partial charge on any atom is -0.344 e. The molecule has 50 valence electrons. The van der Waals surface area contributed by atoms with Crippen molar-refractivity contribution in [3.05, 3.63) is 0 Å². The normalized spacial score (nSPS) is 13.9. The van der Waals surface area contributed by atoms with Gasteiger partial charge in [-0.05, 0) is 6.54 Å². The molecule has 0 aromatic rings. The summed E-state index contributed by atoms with van der Waals surface area (Å²) in [6.07, 6.45) is -0.282. The highest BCUT2D eigenvalue weighted by molar-refractivity contribution is 4.40. The highest BCUT2D eigenvalue weighted by atomic mass is 16.3. The summed E-state index contributed by atoms with van der Waals surface area (Å²) in [6.45, 7) is 3.61. The van der Waals surface area contributed by atoms with E-state index in [0.717, 1.165) is 6.54 Å². The van der Waals surface area contributed by atoms with Gasteiger partial charge in [0.2, 0.25) is 0 Å². The van der Waals surface area contributed by atoms with Crippen molar-refractivity contribution in [2.45, 2.75) is 13.2 Å². The molecule has 0 aliphatic rings. The van der Waals surface area contributed by atoms with Crippen LogP contribution in [0.15, 0.2) is 0 Å². The first-order valence-corrected chi connectivity index (χ1v) is 2.99. The number of hydrogen-bond acceptors (Lipinski definition) is 2. The Morgan fingerprint density at radius 2 is 2.38 bits per heavy atom. The van der Waals surface area contributed by atoms with Crippen molar-refractivity contribution < 1.29 is 10.4 Å². The lowest BCUT2D eigenvalue weighted by Gasteiger charge is -2.04. The van der Waals surface area contributed by atoms with E-state index in [0.29, 0.717) is 6.54 Å². The van der Waals surface area contributed by atoms with Gasteiger partial charge in [0.1, 0.15) is 0 Å². The van der Waals surface area contributed by atoms with E-state index in [2.05, 4.69) is 5.32 Å². The Morgan fingerprint density at radius 1 is 1.75 bits per heavy atom. The number of aliphatic hydroxyl groups is 1. The van der Waals surface area contributed by atoms with Crippen molar-refractivity contribution in [1.82, 2.24) is 5.32 Å². The van der Waals surface area contributed by atoms with Crippen LogP contribution in [0.3, 0.4) is 0 Å². The van der Waals surface area contributed by atoms with Gasteiger partial charge >= 0.3 is 0 Å². The average Bonchev–Trinajstić information content (AvgIpc) is 1.83. The first-order valence-electron chi connectivity index (χ1n) is 2.99. The van der Waals surface area contributed by atoms with Crippen molar-refractivity contribution in [1.29, 1.82) is 0 Å². The molecule has 0 spiro atoms. The number of nitrogens with one attached hydrogen (secondary N) is 1. The molecule has 0 amide bonds. The summed E-state index contributed by atoms with van der Waals surface area (Å²) in [7, 11) is 1.85. The van der Waals surface area contributed by atoms with Crippen LogP contribution in [0.2, 0.25) is 0 Å². The number of quaternary nitrogens is 1. The molecule has 1 unspecified atom stereocenters. The van der Waals surface area contributed by atoms with E-state index in [4.69, 9.17) is 5.11 Å². The van der Waals surface area contributed by atoms with E-state index in [1.165, 1.54) is 0 Å². The number of nitrogens with two attached hydrogens (primary N) is 1. The third-order valence-corrected chi connectivity index (χ3v) is 0.988. The highest BCUT2D eigenvalue weighted by Gasteiger charge is 1.98. The molecular weight excluding hydrogens is 104 g/mol. The molecule has 0 bridgehead atoms. The van der Waals surface area contributed by atoms with Crippen LogP contribution in [0.1, 0.15) is 6.92 Å². The zero-order valence-electron chi connectivity index (χ0n) is 5.52. The van der Waals surface area contributed by atoms with Crippen molar-refractivity contribution in [3.8, 4) is 0 Å². The predicted octanol–water partition coefficient (Wildman–Crippen LogP) is -1.89. The van der Waals surface area contributed by atoms with Crippen LogP contribution in [-0.2, 0) is 0 Å². The Bertz CT molecular complexity index is 49.7. The molecule has 4 N–H and O–H groups in total. The lowest BCUT2D eigenvalue weighted by molar-refractivity contribution is -0.698. The summed E-state index contributed by atoms with van der Waals surface area (Å²) in [4.78, 5) is 0. The zero-order chi connectivity index (χ0) is 6.41. The van der Waals surface area contributed by atoms with Gasteiger partial charge < -0.3 is 15.7 Å². The summed E-state index contributed by atoms with van der Waals surface area (Å²) in [6, 6.07) is 0. The fraction of sp³-hybridized carbons (Fsp3) is 1.00. The lowest BCUT2D eigenvalue weighted by Crippen LogP contribution is -2.88. The Morgan fingerprint density at radius 3 is 2.75 bits per heavy atom. The monoisotopic (exact) mass is 119 g/mol. The fourth-order valence-electron chi connectivity index (χ4n) is 0.410. The second-order valence-corrected chi connectivity index (χ2v) is 1.71. The molecule has 0 aliphatic carbocycles. The first kappa shape index (κ1) is 7.88. The Balaban J connectivity index is 2.86. The van der Waals surface area contributed by atoms with Crippen molar-refractivity contribution in [2.75, 3.05) is 20.1 Å². The van der Waals surface area contributed by atoms with Gasteiger partial charge in [0.25, 0.3) is 0 Å². The van der Waals surface area contributed by atoms with Crippen LogP contribution in [0.25, 0.3) is 0 Å². The molecule has 0 fully saturated rings. The van der Waals surface area contributed by atoms with Gasteiger partial charge in [-0.3, -0.25) is 0 Å². The number of aliphatic hydroxyl groups excluding tert-OH is 1. The minimum absolute atomic E-state index is 0.282. The van der Waals surface area contributed by atoms with Crippen molar-refractivity contribution >= 4 is 0 Å². The lowest BCUT2D eigenvalue weighted by atomic mass is 10.5. The molecule has 0 rings (SSSR count). The summed E-state index contributed by atoms with van der Waals surface area (Å²) in [5.41, 5.74) is 0. The smallest absolute Gasteiger partial charge is 0.200 e. The summed E-state index contributed by atoms with van der Waals surface area (Å²) >= 11 is 0. The Kier molecular flexibility index (Phi) is 4.95. The second kappa shape index (κ2) is 5.03. The summed E-state index contributed by atoms with van der Waals surface area (Å²) in [5, 5.41) is 13.7. The molecule has 8 heavy (non-hydrogen) atoms. The number of likely N-dealkylation sites (N-methyl/N-ethyl adjacent to an activating group) is 2. The third kappa shape index (κ3) is 4.05. The predicted molar refractivity (Wildman–Crippen MR) is 32.4 cm³/mol. The van der Waals surface area contributed by atoms with Crippen LogP contribution in [0.5, 0.6) is 0 Å². The third-order valence-electron chi connectivity index (χ3n) is 0.988. The van der Waals surface area contributed by atoms with Gasteiger partial charge in [0.15, 0.2) is 6.23 Å². The van der Waals surface area contributed by atoms with E-state index in [9.17, 15) is 0 Å². The van der Waals surface area contributed by atoms with Gasteiger partial charge in [-0.2, -0.15) is 0 Å². The van der Waals surface area contributed by atoms with Gasteiger partial charge in [0, 0.05) is 0 Å². The van der Waals surface area contributed by atoms with Crippen LogP contribution in [0, 0.1) is 0 Å². The van der Waals surface area contributed by atoms with Crippen LogP contribution >= 0.6 is 0 Å². The Labute approximate surface area is 50.1 Å². The molecule has 0 radical (unpaired) electrons. The maximum absolute atomic E-state index is 8.87. The van der Waals surface area contributed by atoms with Crippen molar-refractivity contribution in [2.24, 2.45) is 0 Å². The molecule has 3 nitrogen and oxygen atoms in total. The topological polar surface area (TPSA) is 48.9 Å². The van der Waals surface area contributed by atoms with Gasteiger partial charge in [-0.1, -0.05) is 6.92 Å². The van der Waals surface area contributed by atoms with E-state index < -0.39 is 0 Å². The largest absolute Gasteiger partial charge is 0.344 e.